The van der Waals surface area contributed by atoms with E-state index in [4.69, 9.17) is 0 Å². The van der Waals surface area contributed by atoms with E-state index in [1.807, 2.05) is 0 Å². The number of para-hydroxylation sites is 4. The Morgan fingerprint density at radius 1 is 0.460 bits per heavy atom. The zero-order chi connectivity index (χ0) is 42.4. The molecule has 0 aliphatic heterocycles. The number of aryl methyl sites for hydroxylation is 4. The first kappa shape index (κ1) is 39.2. The molecule has 8 aromatic carbocycles. The Labute approximate surface area is 372 Å². The molecule has 0 N–H and O–H groups in total. The summed E-state index contributed by atoms with van der Waals surface area (Å²) in [6.45, 7) is 6.99. The zero-order valence-corrected chi connectivity index (χ0v) is 37.0. The molecular weight excluding hydrogens is 761 g/mol. The van der Waals surface area contributed by atoms with Crippen molar-refractivity contribution in [2.24, 2.45) is 0 Å². The Kier molecular flexibility index (Phi) is 10.3. The minimum atomic E-state index is 0.351. The van der Waals surface area contributed by atoms with Crippen molar-refractivity contribution in [3.05, 3.63) is 214 Å². The van der Waals surface area contributed by atoms with Gasteiger partial charge in [0.25, 0.3) is 0 Å². The minimum Gasteiger partial charge on any atom is -0.309 e. The second kappa shape index (κ2) is 16.6. The van der Waals surface area contributed by atoms with Crippen molar-refractivity contribution >= 4 is 43.6 Å². The van der Waals surface area contributed by atoms with Gasteiger partial charge in [-0.2, -0.15) is 0 Å². The van der Waals surface area contributed by atoms with Gasteiger partial charge in [-0.1, -0.05) is 154 Å². The summed E-state index contributed by atoms with van der Waals surface area (Å²) in [6, 6.07) is 64.2. The number of rotatable bonds is 13. The fourth-order valence-electron chi connectivity index (χ4n) is 11.0. The number of hydrogen-bond donors (Lipinski definition) is 0. The summed E-state index contributed by atoms with van der Waals surface area (Å²) in [7, 11) is 0. The van der Waals surface area contributed by atoms with Gasteiger partial charge in [-0.3, -0.25) is 0 Å². The predicted molar refractivity (Wildman–Crippen MR) is 268 cm³/mol. The van der Waals surface area contributed by atoms with Crippen LogP contribution >= 0.6 is 0 Å². The van der Waals surface area contributed by atoms with Gasteiger partial charge in [-0.05, 0) is 150 Å². The maximum atomic E-state index is 2.60. The van der Waals surface area contributed by atoms with Gasteiger partial charge in [0.05, 0.1) is 22.1 Å². The molecule has 63 heavy (non-hydrogen) atoms. The van der Waals surface area contributed by atoms with Gasteiger partial charge in [0.1, 0.15) is 0 Å². The summed E-state index contributed by atoms with van der Waals surface area (Å²) < 4.78 is 4.85. The Morgan fingerprint density at radius 2 is 0.937 bits per heavy atom. The molecule has 10 aromatic rings. The standard InChI is InChI=1S/C61H56N2/c1-4-5-6-7-8-17-50(44-30-34-49(35-31-44)63-60-24-15-11-20-53(60)54-21-12-16-25-61(54)63)55-40-57-47(37-42(55)3)38-46-36-41(2)45(39-56(46)57)29-26-43-27-32-48(33-28-43)62-58-22-13-9-18-51(58)52-19-10-14-23-59(52)62/h9-16,18-25,27-28,30-37,39-40,50H,4-8,17,26,29,38H2,1-3H3. The van der Waals surface area contributed by atoms with E-state index >= 15 is 0 Å². The van der Waals surface area contributed by atoms with Crippen LogP contribution in [0.1, 0.15) is 95.9 Å². The molecule has 0 radical (unpaired) electrons. The highest BCUT2D eigenvalue weighted by Gasteiger charge is 2.25. The number of hydrogen-bond acceptors (Lipinski definition) is 0. The Hall–Kier alpha value is -6.64. The molecule has 0 spiro atoms. The third-order valence-electron chi connectivity index (χ3n) is 14.3. The van der Waals surface area contributed by atoms with Crippen LogP contribution in [0.4, 0.5) is 0 Å². The first-order chi connectivity index (χ1) is 31.0. The second-order valence-electron chi connectivity index (χ2n) is 18.2. The molecular formula is C61H56N2. The first-order valence-corrected chi connectivity index (χ1v) is 23.5. The molecule has 0 fully saturated rings. The van der Waals surface area contributed by atoms with E-state index in [1.54, 1.807) is 0 Å². The highest BCUT2D eigenvalue weighted by atomic mass is 15.0. The maximum absolute atomic E-state index is 2.60. The van der Waals surface area contributed by atoms with E-state index < -0.39 is 0 Å². The normalized spacial score (nSPS) is 12.7. The van der Waals surface area contributed by atoms with Gasteiger partial charge < -0.3 is 9.13 Å². The highest BCUT2D eigenvalue weighted by Crippen LogP contribution is 2.44. The second-order valence-corrected chi connectivity index (χ2v) is 18.2. The van der Waals surface area contributed by atoms with Crippen LogP contribution < -0.4 is 0 Å². The van der Waals surface area contributed by atoms with E-state index in [2.05, 4.69) is 200 Å². The molecule has 1 atom stereocenters. The largest absolute Gasteiger partial charge is 0.309 e. The van der Waals surface area contributed by atoms with Crippen LogP contribution in [-0.2, 0) is 19.3 Å². The van der Waals surface area contributed by atoms with Gasteiger partial charge in [-0.25, -0.2) is 0 Å². The summed E-state index contributed by atoms with van der Waals surface area (Å²) in [5.41, 5.74) is 21.9. The Morgan fingerprint density at radius 3 is 1.48 bits per heavy atom. The van der Waals surface area contributed by atoms with Crippen LogP contribution in [0.3, 0.4) is 0 Å². The topological polar surface area (TPSA) is 9.86 Å². The van der Waals surface area contributed by atoms with Crippen molar-refractivity contribution in [3.8, 4) is 22.5 Å². The van der Waals surface area contributed by atoms with Gasteiger partial charge in [0.2, 0.25) is 0 Å². The van der Waals surface area contributed by atoms with E-state index in [1.165, 1.54) is 149 Å². The molecule has 2 heterocycles. The van der Waals surface area contributed by atoms with Crippen molar-refractivity contribution < 1.29 is 0 Å². The SMILES string of the molecule is CCCCCCCC(c1ccc(-n2c3ccccc3c3ccccc32)cc1)c1cc2c(cc1C)Cc1cc(C)c(CCc3ccc(-n4c5ccccc5c5ccccc54)cc3)cc1-2. The average molecular weight is 817 g/mol. The Bertz CT molecular complexity index is 3180. The van der Waals surface area contributed by atoms with Gasteiger partial charge in [-0.15, -0.1) is 0 Å². The third-order valence-corrected chi connectivity index (χ3v) is 14.3. The third kappa shape index (κ3) is 7.07. The highest BCUT2D eigenvalue weighted by molar-refractivity contribution is 6.10. The van der Waals surface area contributed by atoms with Gasteiger partial charge in [0.15, 0.2) is 0 Å². The lowest BCUT2D eigenvalue weighted by atomic mass is 9.82. The zero-order valence-electron chi connectivity index (χ0n) is 37.0. The molecule has 1 unspecified atom stereocenters. The average Bonchev–Trinajstić information content (AvgIpc) is 3.96. The molecule has 1 aliphatic carbocycles. The van der Waals surface area contributed by atoms with Gasteiger partial charge in [0, 0.05) is 38.8 Å². The van der Waals surface area contributed by atoms with Crippen molar-refractivity contribution in [2.45, 2.75) is 84.5 Å². The van der Waals surface area contributed by atoms with E-state index in [0.29, 0.717) is 5.92 Å². The minimum absolute atomic E-state index is 0.351. The van der Waals surface area contributed by atoms with Crippen molar-refractivity contribution in [1.29, 1.82) is 0 Å². The lowest BCUT2D eigenvalue weighted by Gasteiger charge is -2.22. The lowest BCUT2D eigenvalue weighted by Crippen LogP contribution is -2.05. The molecule has 0 saturated carbocycles. The summed E-state index contributed by atoms with van der Waals surface area (Å²) in [4.78, 5) is 0. The summed E-state index contributed by atoms with van der Waals surface area (Å²) in [5.74, 6) is 0.351. The number of aromatic nitrogens is 2. The molecule has 0 bridgehead atoms. The fraction of sp³-hybridized carbons (Fsp3) is 0.213. The molecule has 310 valence electrons. The number of benzene rings is 8. The smallest absolute Gasteiger partial charge is 0.0541 e. The summed E-state index contributed by atoms with van der Waals surface area (Å²) >= 11 is 0. The van der Waals surface area contributed by atoms with Crippen molar-refractivity contribution in [1.82, 2.24) is 9.13 Å². The fourth-order valence-corrected chi connectivity index (χ4v) is 11.0. The van der Waals surface area contributed by atoms with E-state index in [-0.39, 0.29) is 0 Å². The van der Waals surface area contributed by atoms with Crippen molar-refractivity contribution in [3.63, 3.8) is 0 Å². The lowest BCUT2D eigenvalue weighted by molar-refractivity contribution is 0.579. The number of unbranched alkanes of at least 4 members (excludes halogenated alkanes) is 4. The molecule has 2 nitrogen and oxygen atoms in total. The summed E-state index contributed by atoms with van der Waals surface area (Å²) in [5, 5.41) is 5.21. The Balaban J connectivity index is 0.884. The number of fused-ring (bicyclic) bond motifs is 9. The van der Waals surface area contributed by atoms with Crippen LogP contribution in [-0.4, -0.2) is 9.13 Å². The van der Waals surface area contributed by atoms with Crippen LogP contribution in [0.25, 0.3) is 66.1 Å². The van der Waals surface area contributed by atoms with Crippen molar-refractivity contribution in [2.75, 3.05) is 0 Å². The van der Waals surface area contributed by atoms with Crippen LogP contribution in [0, 0.1) is 13.8 Å². The molecule has 11 rings (SSSR count). The van der Waals surface area contributed by atoms with Crippen LogP contribution in [0.15, 0.2) is 170 Å². The van der Waals surface area contributed by atoms with E-state index in [0.717, 1.165) is 19.3 Å². The van der Waals surface area contributed by atoms with Crippen LogP contribution in [0.5, 0.6) is 0 Å². The molecule has 0 saturated heterocycles. The molecule has 2 aromatic heterocycles. The molecule has 1 aliphatic rings. The van der Waals surface area contributed by atoms with E-state index in [9.17, 15) is 0 Å². The predicted octanol–water partition coefficient (Wildman–Crippen LogP) is 16.3. The molecule has 0 amide bonds. The summed E-state index contributed by atoms with van der Waals surface area (Å²) in [6.07, 6.45) is 10.7. The van der Waals surface area contributed by atoms with Gasteiger partial charge >= 0.3 is 0 Å². The quantitative estimate of drug-likeness (QED) is 0.103. The monoisotopic (exact) mass is 816 g/mol. The maximum Gasteiger partial charge on any atom is 0.0541 e. The van der Waals surface area contributed by atoms with Crippen LogP contribution in [0.2, 0.25) is 0 Å². The number of nitrogens with zero attached hydrogens (tertiary/aromatic N) is 2. The molecule has 2 heteroatoms. The first-order valence-electron chi connectivity index (χ1n) is 23.5.